The van der Waals surface area contributed by atoms with Gasteiger partial charge in [-0.1, -0.05) is 45.8 Å². The molecule has 0 unspecified atom stereocenters. The summed E-state index contributed by atoms with van der Waals surface area (Å²) in [6.45, 7) is 14.8. The number of halogens is 3. The summed E-state index contributed by atoms with van der Waals surface area (Å²) < 4.78 is 37.9. The van der Waals surface area contributed by atoms with Crippen molar-refractivity contribution in [2.24, 2.45) is 0 Å². The van der Waals surface area contributed by atoms with Gasteiger partial charge < -0.3 is 10.2 Å². The summed E-state index contributed by atoms with van der Waals surface area (Å²) in [5, 5.41) is 3.21. The molecule has 0 saturated carbocycles. The van der Waals surface area contributed by atoms with E-state index in [1.165, 1.54) is 25.8 Å². The minimum Gasteiger partial charge on any atom is -0.371 e. The highest BCUT2D eigenvalue weighted by molar-refractivity contribution is 5.29. The Morgan fingerprint density at radius 3 is 1.88 bits per heavy atom. The molecule has 0 amide bonds. The highest BCUT2D eigenvalue weighted by Crippen LogP contribution is 2.26. The van der Waals surface area contributed by atoms with Crippen molar-refractivity contribution in [2.45, 2.75) is 60.6 Å². The highest BCUT2D eigenvalue weighted by Gasteiger charge is 2.30. The largest absolute Gasteiger partial charge is 0.416 e. The minimum atomic E-state index is -4.30. The van der Waals surface area contributed by atoms with Gasteiger partial charge in [-0.2, -0.15) is 13.2 Å². The lowest BCUT2D eigenvalue weighted by Gasteiger charge is -2.24. The molecule has 5 heteroatoms. The highest BCUT2D eigenvalue weighted by atomic mass is 19.4. The molecule has 0 atom stereocenters. The number of hydrogen-bond acceptors (Lipinski definition) is 2. The first-order valence-corrected chi connectivity index (χ1v) is 8.85. The van der Waals surface area contributed by atoms with E-state index in [4.69, 9.17) is 0 Å². The summed E-state index contributed by atoms with van der Waals surface area (Å²) in [6.07, 6.45) is 3.91. The van der Waals surface area contributed by atoms with Crippen LogP contribution in [0.15, 0.2) is 35.6 Å². The fraction of sp³-hybridized carbons (Fsp3) is 0.684. The van der Waals surface area contributed by atoms with Gasteiger partial charge in [0.2, 0.25) is 0 Å². The van der Waals surface area contributed by atoms with Crippen molar-refractivity contribution < 1.29 is 13.2 Å². The van der Waals surface area contributed by atoms with E-state index in [0.29, 0.717) is 0 Å². The van der Waals surface area contributed by atoms with Crippen molar-refractivity contribution >= 4 is 0 Å². The zero-order valence-electron chi connectivity index (χ0n) is 16.1. The number of unbranched alkanes of at least 4 members (excludes halogenated alkanes) is 1. The quantitative estimate of drug-likeness (QED) is 0.425. The van der Waals surface area contributed by atoms with E-state index in [9.17, 15) is 13.2 Å². The summed E-state index contributed by atoms with van der Waals surface area (Å²) in [5.41, 5.74) is 0.175. The number of allylic oxidation sites excluding steroid dienone is 5. The predicted octanol–water partition coefficient (Wildman–Crippen LogP) is 5.69. The second-order valence-corrected chi connectivity index (χ2v) is 5.22. The molecular weight excluding hydrogens is 313 g/mol. The first-order valence-electron chi connectivity index (χ1n) is 8.85. The lowest BCUT2D eigenvalue weighted by molar-refractivity contribution is -0.0883. The van der Waals surface area contributed by atoms with E-state index < -0.39 is 11.7 Å². The van der Waals surface area contributed by atoms with Gasteiger partial charge in [-0.3, -0.25) is 0 Å². The topological polar surface area (TPSA) is 15.3 Å². The third-order valence-electron chi connectivity index (χ3n) is 3.42. The number of alkyl halides is 3. The Hall–Kier alpha value is -1.23. The van der Waals surface area contributed by atoms with E-state index in [-0.39, 0.29) is 0 Å². The van der Waals surface area contributed by atoms with Crippen LogP contribution in [-0.2, 0) is 0 Å². The second kappa shape index (κ2) is 15.3. The third kappa shape index (κ3) is 12.2. The van der Waals surface area contributed by atoms with Crippen molar-refractivity contribution in [3.63, 3.8) is 0 Å². The molecule has 0 aromatic heterocycles. The molecule has 0 bridgehead atoms. The Bertz CT molecular complexity index is 381. The van der Waals surface area contributed by atoms with Crippen molar-refractivity contribution in [3.8, 4) is 0 Å². The van der Waals surface area contributed by atoms with Crippen LogP contribution < -0.4 is 5.32 Å². The van der Waals surface area contributed by atoms with Crippen molar-refractivity contribution in [1.29, 1.82) is 0 Å². The monoisotopic (exact) mass is 348 g/mol. The number of hydrogen-bond donors (Lipinski definition) is 1. The van der Waals surface area contributed by atoms with Crippen LogP contribution in [0.4, 0.5) is 13.2 Å². The van der Waals surface area contributed by atoms with Crippen LogP contribution in [0.3, 0.4) is 0 Å². The molecule has 0 aliphatic heterocycles. The van der Waals surface area contributed by atoms with E-state index in [1.54, 1.807) is 0 Å². The molecule has 0 fully saturated rings. The maximum absolute atomic E-state index is 12.6. The Morgan fingerprint density at radius 2 is 1.54 bits per heavy atom. The summed E-state index contributed by atoms with van der Waals surface area (Å²) in [5.74, 6) is 0. The van der Waals surface area contributed by atoms with Gasteiger partial charge in [-0.05, 0) is 39.5 Å². The summed E-state index contributed by atoms with van der Waals surface area (Å²) in [6, 6.07) is 0. The van der Waals surface area contributed by atoms with E-state index in [0.717, 1.165) is 44.0 Å². The SMILES string of the molecule is CCCC.C\C=C(/C=C\C(=C/C)C(F)(F)F)N(CC)CCNCC. The van der Waals surface area contributed by atoms with Crippen LogP contribution in [0, 0.1) is 0 Å². The fourth-order valence-electron chi connectivity index (χ4n) is 1.77. The van der Waals surface area contributed by atoms with Crippen LogP contribution in [0.2, 0.25) is 0 Å². The molecule has 0 rings (SSSR count). The van der Waals surface area contributed by atoms with Crippen LogP contribution in [0.5, 0.6) is 0 Å². The smallest absolute Gasteiger partial charge is 0.371 e. The van der Waals surface area contributed by atoms with Crippen molar-refractivity contribution in [3.05, 3.63) is 35.6 Å². The van der Waals surface area contributed by atoms with Gasteiger partial charge in [-0.15, -0.1) is 0 Å². The van der Waals surface area contributed by atoms with Crippen LogP contribution in [0.1, 0.15) is 54.4 Å². The van der Waals surface area contributed by atoms with E-state index in [1.807, 2.05) is 31.7 Å². The lowest BCUT2D eigenvalue weighted by Crippen LogP contribution is -2.31. The molecule has 0 saturated heterocycles. The molecule has 24 heavy (non-hydrogen) atoms. The molecular formula is C19H35F3N2. The number of rotatable bonds is 9. The number of nitrogens with zero attached hydrogens (tertiary/aromatic N) is 1. The Kier molecular flexibility index (Phi) is 16.0. The molecule has 0 aromatic rings. The average Bonchev–Trinajstić information content (AvgIpc) is 2.55. The van der Waals surface area contributed by atoms with Crippen LogP contribution >= 0.6 is 0 Å². The van der Waals surface area contributed by atoms with Crippen molar-refractivity contribution in [1.82, 2.24) is 10.2 Å². The Labute approximate surface area is 146 Å². The molecule has 0 radical (unpaired) electrons. The second-order valence-electron chi connectivity index (χ2n) is 5.22. The van der Waals surface area contributed by atoms with E-state index >= 15 is 0 Å². The maximum Gasteiger partial charge on any atom is 0.416 e. The molecule has 0 spiro atoms. The lowest BCUT2D eigenvalue weighted by atomic mass is 10.2. The molecule has 0 aromatic carbocycles. The molecule has 142 valence electrons. The molecule has 2 nitrogen and oxygen atoms in total. The third-order valence-corrected chi connectivity index (χ3v) is 3.42. The van der Waals surface area contributed by atoms with Gasteiger partial charge in [0.15, 0.2) is 0 Å². The summed E-state index contributed by atoms with van der Waals surface area (Å²) in [4.78, 5) is 2.04. The molecule has 1 N–H and O–H groups in total. The Balaban J connectivity index is 0. The van der Waals surface area contributed by atoms with Gasteiger partial charge in [-0.25, -0.2) is 0 Å². The van der Waals surface area contributed by atoms with E-state index in [2.05, 4.69) is 19.2 Å². The minimum absolute atomic E-state index is 0.625. The molecule has 0 heterocycles. The normalized spacial score (nSPS) is 13.0. The van der Waals surface area contributed by atoms with Gasteiger partial charge in [0.25, 0.3) is 0 Å². The van der Waals surface area contributed by atoms with Gasteiger partial charge in [0.05, 0.1) is 5.57 Å². The predicted molar refractivity (Wildman–Crippen MR) is 99.1 cm³/mol. The van der Waals surface area contributed by atoms with Gasteiger partial charge in [0.1, 0.15) is 0 Å². The first-order chi connectivity index (χ1) is 11.3. The standard InChI is InChI=1S/C15H25F3N2.C4H10/c1-5-13(15(16,17)18)9-10-14(6-2)20(8-4)12-11-19-7-3;1-3-4-2/h5-6,9-10,19H,7-8,11-12H2,1-4H3;3-4H2,1-2H3/b10-9-,13-5+,14-6+;. The average molecular weight is 348 g/mol. The van der Waals surface area contributed by atoms with Crippen LogP contribution in [-0.4, -0.2) is 37.3 Å². The molecule has 0 aliphatic carbocycles. The summed E-state index contributed by atoms with van der Waals surface area (Å²) >= 11 is 0. The number of likely N-dealkylation sites (N-methyl/N-ethyl adjacent to an activating group) is 2. The molecule has 0 aliphatic rings. The fourth-order valence-corrected chi connectivity index (χ4v) is 1.77. The summed E-state index contributed by atoms with van der Waals surface area (Å²) in [7, 11) is 0. The Morgan fingerprint density at radius 1 is 0.958 bits per heavy atom. The maximum atomic E-state index is 12.6. The van der Waals surface area contributed by atoms with Gasteiger partial charge in [0, 0.05) is 25.3 Å². The van der Waals surface area contributed by atoms with Crippen molar-refractivity contribution in [2.75, 3.05) is 26.2 Å². The van der Waals surface area contributed by atoms with Gasteiger partial charge >= 0.3 is 6.18 Å². The number of nitrogens with one attached hydrogen (secondary N) is 1. The zero-order valence-corrected chi connectivity index (χ0v) is 16.1. The first kappa shape index (κ1) is 25.0. The zero-order chi connectivity index (χ0) is 19.0. The van der Waals surface area contributed by atoms with Crippen LogP contribution in [0.25, 0.3) is 0 Å².